The molecule has 0 saturated carbocycles. The molecule has 0 spiro atoms. The molecule has 2 fully saturated rings. The number of nitrogens with zero attached hydrogens (tertiary/aromatic N) is 1. The zero-order valence-corrected chi connectivity index (χ0v) is 16.3. The van der Waals surface area contributed by atoms with E-state index >= 15 is 0 Å². The first-order chi connectivity index (χ1) is 12.4. The van der Waals surface area contributed by atoms with Crippen LogP contribution in [-0.4, -0.2) is 41.4 Å². The molecule has 0 bridgehead atoms. The Morgan fingerprint density at radius 2 is 1.88 bits per heavy atom. The first kappa shape index (κ1) is 18.9. The van der Waals surface area contributed by atoms with Crippen LogP contribution in [0.3, 0.4) is 0 Å². The predicted molar refractivity (Wildman–Crippen MR) is 103 cm³/mol. The quantitative estimate of drug-likeness (QED) is 0.822. The average Bonchev–Trinajstić information content (AvgIpc) is 3.08. The fraction of sp³-hybridized carbons (Fsp3) is 0.619. The summed E-state index contributed by atoms with van der Waals surface area (Å²) in [5.41, 5.74) is 2.57. The maximum Gasteiger partial charge on any atom is 0.246 e. The SMILES string of the molecule is CC[C@H](C)[C@@H]1NC(=O)[C@@H]2C[C@H](NCc3ccc(C(C)C)cc3)CN2C1=O. The molecule has 142 valence electrons. The van der Waals surface area contributed by atoms with Crippen molar-refractivity contribution in [3.05, 3.63) is 35.4 Å². The average molecular weight is 357 g/mol. The van der Waals surface area contributed by atoms with Gasteiger partial charge in [-0.25, -0.2) is 0 Å². The van der Waals surface area contributed by atoms with Crippen LogP contribution in [0.1, 0.15) is 57.6 Å². The lowest BCUT2D eigenvalue weighted by Crippen LogP contribution is -2.62. The molecule has 0 aliphatic carbocycles. The van der Waals surface area contributed by atoms with Gasteiger partial charge in [0, 0.05) is 19.1 Å². The summed E-state index contributed by atoms with van der Waals surface area (Å²) in [6, 6.07) is 8.13. The van der Waals surface area contributed by atoms with Gasteiger partial charge in [-0.15, -0.1) is 0 Å². The summed E-state index contributed by atoms with van der Waals surface area (Å²) >= 11 is 0. The van der Waals surface area contributed by atoms with Crippen LogP contribution in [0.25, 0.3) is 0 Å². The van der Waals surface area contributed by atoms with E-state index in [1.165, 1.54) is 11.1 Å². The highest BCUT2D eigenvalue weighted by Crippen LogP contribution is 2.26. The Balaban J connectivity index is 1.59. The number of hydrogen-bond acceptors (Lipinski definition) is 3. The highest BCUT2D eigenvalue weighted by molar-refractivity contribution is 5.97. The van der Waals surface area contributed by atoms with Gasteiger partial charge in [0.05, 0.1) is 0 Å². The van der Waals surface area contributed by atoms with E-state index in [1.54, 1.807) is 4.90 Å². The molecule has 1 aromatic rings. The van der Waals surface area contributed by atoms with Crippen molar-refractivity contribution in [1.29, 1.82) is 0 Å². The van der Waals surface area contributed by atoms with E-state index in [4.69, 9.17) is 0 Å². The van der Waals surface area contributed by atoms with Crippen molar-refractivity contribution in [3.63, 3.8) is 0 Å². The highest BCUT2D eigenvalue weighted by atomic mass is 16.2. The van der Waals surface area contributed by atoms with Crippen LogP contribution in [0.15, 0.2) is 24.3 Å². The second-order valence-electron chi connectivity index (χ2n) is 8.09. The fourth-order valence-corrected chi connectivity index (χ4v) is 3.87. The smallest absolute Gasteiger partial charge is 0.246 e. The Labute approximate surface area is 156 Å². The van der Waals surface area contributed by atoms with Gasteiger partial charge in [-0.2, -0.15) is 0 Å². The van der Waals surface area contributed by atoms with Crippen LogP contribution in [0, 0.1) is 5.92 Å². The van der Waals surface area contributed by atoms with Crippen molar-refractivity contribution in [2.24, 2.45) is 5.92 Å². The zero-order chi connectivity index (χ0) is 18.8. The van der Waals surface area contributed by atoms with Crippen molar-refractivity contribution < 1.29 is 9.59 Å². The van der Waals surface area contributed by atoms with E-state index in [0.29, 0.717) is 18.9 Å². The summed E-state index contributed by atoms with van der Waals surface area (Å²) in [6.07, 6.45) is 1.57. The zero-order valence-electron chi connectivity index (χ0n) is 16.3. The third-order valence-corrected chi connectivity index (χ3v) is 5.90. The maximum absolute atomic E-state index is 12.8. The minimum absolute atomic E-state index is 0.000450. The molecule has 3 rings (SSSR count). The van der Waals surface area contributed by atoms with E-state index in [9.17, 15) is 9.59 Å². The van der Waals surface area contributed by atoms with Crippen molar-refractivity contribution in [2.45, 2.75) is 71.1 Å². The molecule has 4 atom stereocenters. The minimum atomic E-state index is -0.369. The third-order valence-electron chi connectivity index (χ3n) is 5.90. The number of piperazine rings is 1. The van der Waals surface area contributed by atoms with Crippen molar-refractivity contribution in [1.82, 2.24) is 15.5 Å². The number of fused-ring (bicyclic) bond motifs is 1. The van der Waals surface area contributed by atoms with Gasteiger partial charge in [-0.1, -0.05) is 58.4 Å². The number of benzene rings is 1. The second kappa shape index (κ2) is 7.78. The molecule has 2 heterocycles. The van der Waals surface area contributed by atoms with Crippen LogP contribution >= 0.6 is 0 Å². The van der Waals surface area contributed by atoms with Crippen LogP contribution in [0.4, 0.5) is 0 Å². The topological polar surface area (TPSA) is 61.4 Å². The van der Waals surface area contributed by atoms with Gasteiger partial charge in [-0.05, 0) is 29.4 Å². The Morgan fingerprint density at radius 1 is 1.19 bits per heavy atom. The van der Waals surface area contributed by atoms with Crippen molar-refractivity contribution >= 4 is 11.8 Å². The highest BCUT2D eigenvalue weighted by Gasteiger charge is 2.47. The lowest BCUT2D eigenvalue weighted by molar-refractivity contribution is -0.148. The van der Waals surface area contributed by atoms with Crippen LogP contribution in [0.5, 0.6) is 0 Å². The number of hydrogen-bond donors (Lipinski definition) is 2. The first-order valence-corrected chi connectivity index (χ1v) is 9.83. The molecule has 2 aliphatic heterocycles. The van der Waals surface area contributed by atoms with Gasteiger partial charge in [0.15, 0.2) is 0 Å². The van der Waals surface area contributed by atoms with Gasteiger partial charge in [0.1, 0.15) is 12.1 Å². The Kier molecular flexibility index (Phi) is 5.66. The molecule has 5 heteroatoms. The molecule has 0 unspecified atom stereocenters. The van der Waals surface area contributed by atoms with Gasteiger partial charge >= 0.3 is 0 Å². The summed E-state index contributed by atoms with van der Waals surface area (Å²) in [6.45, 7) is 9.83. The molecular weight excluding hydrogens is 326 g/mol. The second-order valence-corrected chi connectivity index (χ2v) is 8.09. The molecule has 1 aromatic carbocycles. The molecule has 0 aromatic heterocycles. The van der Waals surface area contributed by atoms with Gasteiger partial charge < -0.3 is 15.5 Å². The summed E-state index contributed by atoms with van der Waals surface area (Å²) in [5.74, 6) is 0.777. The van der Waals surface area contributed by atoms with E-state index < -0.39 is 0 Å². The lowest BCUT2D eigenvalue weighted by Gasteiger charge is -2.36. The summed E-state index contributed by atoms with van der Waals surface area (Å²) in [5, 5.41) is 6.47. The van der Waals surface area contributed by atoms with Crippen LogP contribution < -0.4 is 10.6 Å². The normalized spacial score (nSPS) is 26.8. The summed E-state index contributed by atoms with van der Waals surface area (Å²) in [4.78, 5) is 27.0. The molecule has 2 saturated heterocycles. The Morgan fingerprint density at radius 3 is 2.50 bits per heavy atom. The molecule has 0 radical (unpaired) electrons. The van der Waals surface area contributed by atoms with Gasteiger partial charge in [0.2, 0.25) is 11.8 Å². The van der Waals surface area contributed by atoms with E-state index in [1.807, 2.05) is 6.92 Å². The van der Waals surface area contributed by atoms with Crippen molar-refractivity contribution in [3.8, 4) is 0 Å². The number of carbonyl (C=O) groups is 2. The largest absolute Gasteiger partial charge is 0.342 e. The monoisotopic (exact) mass is 357 g/mol. The van der Waals surface area contributed by atoms with Gasteiger partial charge in [-0.3, -0.25) is 9.59 Å². The van der Waals surface area contributed by atoms with E-state index in [0.717, 1.165) is 13.0 Å². The lowest BCUT2D eigenvalue weighted by atomic mass is 9.95. The maximum atomic E-state index is 12.8. The standard InChI is InChI=1S/C21H31N3O2/c1-5-14(4)19-21(26)24-12-17(10-18(24)20(25)23-19)22-11-15-6-8-16(9-7-15)13(2)3/h6-9,13-14,17-19,22H,5,10-12H2,1-4H3,(H,23,25)/t14-,17-,18-,19-/m0/s1. The van der Waals surface area contributed by atoms with Gasteiger partial charge in [0.25, 0.3) is 0 Å². The van der Waals surface area contributed by atoms with E-state index in [2.05, 4.69) is 55.7 Å². The molecular formula is C21H31N3O2. The van der Waals surface area contributed by atoms with Crippen LogP contribution in [-0.2, 0) is 16.1 Å². The fourth-order valence-electron chi connectivity index (χ4n) is 3.87. The number of rotatable bonds is 6. The molecule has 2 N–H and O–H groups in total. The van der Waals surface area contributed by atoms with Crippen LogP contribution in [0.2, 0.25) is 0 Å². The predicted octanol–water partition coefficient (Wildman–Crippen LogP) is 2.41. The number of nitrogens with one attached hydrogen (secondary N) is 2. The molecule has 2 amide bonds. The Hall–Kier alpha value is -1.88. The number of carbonyl (C=O) groups excluding carboxylic acids is 2. The molecule has 26 heavy (non-hydrogen) atoms. The van der Waals surface area contributed by atoms with Crippen molar-refractivity contribution in [2.75, 3.05) is 6.54 Å². The summed E-state index contributed by atoms with van der Waals surface area (Å²) < 4.78 is 0. The minimum Gasteiger partial charge on any atom is -0.342 e. The molecule has 2 aliphatic rings. The summed E-state index contributed by atoms with van der Waals surface area (Å²) in [7, 11) is 0. The Bertz CT molecular complexity index is 656. The first-order valence-electron chi connectivity index (χ1n) is 9.83. The van der Waals surface area contributed by atoms with E-state index in [-0.39, 0.29) is 35.9 Å². The molecule has 5 nitrogen and oxygen atoms in total. The third kappa shape index (κ3) is 3.78. The number of amides is 2.